The number of fused-ring (bicyclic) bond motifs is 3. The molecule has 0 aliphatic carbocycles. The zero-order valence-corrected chi connectivity index (χ0v) is 25.1. The molecule has 10 heteroatoms. The average molecular weight is 596 g/mol. The van der Waals surface area contributed by atoms with E-state index in [1.165, 1.54) is 34.2 Å². The molecule has 5 heterocycles. The number of aromatic nitrogens is 2. The minimum absolute atomic E-state index is 0.0654. The first-order chi connectivity index (χ1) is 21.5. The summed E-state index contributed by atoms with van der Waals surface area (Å²) >= 11 is 0. The molecule has 1 aromatic heterocycles. The van der Waals surface area contributed by atoms with E-state index in [0.717, 1.165) is 56.0 Å². The molecule has 0 N–H and O–H groups in total. The molecule has 7 rings (SSSR count). The van der Waals surface area contributed by atoms with Crippen molar-refractivity contribution in [2.75, 3.05) is 62.2 Å². The van der Waals surface area contributed by atoms with Crippen molar-refractivity contribution in [3.8, 4) is 6.01 Å². The van der Waals surface area contributed by atoms with Gasteiger partial charge in [0.1, 0.15) is 18.5 Å². The van der Waals surface area contributed by atoms with Crippen LogP contribution in [-0.2, 0) is 17.8 Å². The molecular weight excluding hydrogens is 557 g/mol. The Hall–Kier alpha value is -4.23. The van der Waals surface area contributed by atoms with Gasteiger partial charge in [-0.3, -0.25) is 9.69 Å². The highest BCUT2D eigenvalue weighted by Crippen LogP contribution is 2.40. The van der Waals surface area contributed by atoms with Crippen LogP contribution in [0.3, 0.4) is 0 Å². The molecule has 3 aromatic rings. The fourth-order valence-corrected chi connectivity index (χ4v) is 7.80. The second-order valence-electron chi connectivity index (χ2n) is 12.5. The van der Waals surface area contributed by atoms with Gasteiger partial charge in [-0.25, -0.2) is 11.0 Å². The molecule has 0 bridgehead atoms. The lowest BCUT2D eigenvalue weighted by Gasteiger charge is -2.41. The Morgan fingerprint density at radius 2 is 1.84 bits per heavy atom. The van der Waals surface area contributed by atoms with Crippen molar-refractivity contribution in [1.82, 2.24) is 19.8 Å². The van der Waals surface area contributed by atoms with Gasteiger partial charge >= 0.3 is 6.01 Å². The molecule has 0 radical (unpaired) electrons. The van der Waals surface area contributed by atoms with Gasteiger partial charge in [0.25, 0.3) is 5.91 Å². The second kappa shape index (κ2) is 11.7. The number of halogens is 1. The molecule has 3 saturated heterocycles. The van der Waals surface area contributed by atoms with E-state index in [2.05, 4.69) is 68.6 Å². The Bertz CT molecular complexity index is 1620. The van der Waals surface area contributed by atoms with Gasteiger partial charge in [0.05, 0.1) is 17.8 Å². The van der Waals surface area contributed by atoms with E-state index in [1.54, 1.807) is 0 Å². The third-order valence-electron chi connectivity index (χ3n) is 9.99. The monoisotopic (exact) mass is 595 g/mol. The van der Waals surface area contributed by atoms with Crippen LogP contribution in [0.4, 0.5) is 15.9 Å². The zero-order valence-electron chi connectivity index (χ0n) is 25.1. The normalized spacial score (nSPS) is 21.2. The number of carbonyl (C=O) groups excluding carboxylic acids is 1. The summed E-state index contributed by atoms with van der Waals surface area (Å²) in [7, 11) is 0. The molecule has 9 nitrogen and oxygen atoms in total. The highest BCUT2D eigenvalue weighted by molar-refractivity contribution is 5.94. The summed E-state index contributed by atoms with van der Waals surface area (Å²) in [5, 5.41) is 2.41. The summed E-state index contributed by atoms with van der Waals surface area (Å²) in [5.41, 5.74) is 3.26. The van der Waals surface area contributed by atoms with Crippen LogP contribution in [0, 0.1) is 6.57 Å². The highest BCUT2D eigenvalue weighted by atomic mass is 19.1. The van der Waals surface area contributed by atoms with Crippen LogP contribution >= 0.6 is 0 Å². The van der Waals surface area contributed by atoms with E-state index in [-0.39, 0.29) is 18.6 Å². The predicted octanol–water partition coefficient (Wildman–Crippen LogP) is 4.62. The van der Waals surface area contributed by atoms with Crippen LogP contribution in [0.15, 0.2) is 54.9 Å². The summed E-state index contributed by atoms with van der Waals surface area (Å²) < 4.78 is 20.3. The summed E-state index contributed by atoms with van der Waals surface area (Å²) in [4.78, 5) is 34.7. The SMILES string of the molecule is [C-]#[N+]C[C@H]1CN(c2nc(OCC34CCCN3CCC4)nc3c2CCN(c2cccc4ccccc24)C3)CCN1C(=O)C(=C)F. The first-order valence-corrected chi connectivity index (χ1v) is 15.7. The molecule has 0 unspecified atom stereocenters. The molecular formula is C34H38FN7O2. The minimum Gasteiger partial charge on any atom is -0.461 e. The summed E-state index contributed by atoms with van der Waals surface area (Å²) in [5.74, 6) is -0.935. The van der Waals surface area contributed by atoms with E-state index in [1.807, 2.05) is 0 Å². The van der Waals surface area contributed by atoms with E-state index in [4.69, 9.17) is 21.3 Å². The zero-order chi connectivity index (χ0) is 30.3. The lowest BCUT2D eigenvalue weighted by Crippen LogP contribution is -2.57. The number of piperazine rings is 1. The fourth-order valence-electron chi connectivity index (χ4n) is 7.80. The highest BCUT2D eigenvalue weighted by Gasteiger charge is 2.45. The Labute approximate surface area is 257 Å². The van der Waals surface area contributed by atoms with Gasteiger partial charge in [-0.05, 0) is 56.6 Å². The Morgan fingerprint density at radius 3 is 2.64 bits per heavy atom. The van der Waals surface area contributed by atoms with Crippen molar-refractivity contribution in [3.05, 3.63) is 77.5 Å². The van der Waals surface area contributed by atoms with Gasteiger partial charge in [0.2, 0.25) is 6.54 Å². The predicted molar refractivity (Wildman–Crippen MR) is 168 cm³/mol. The first-order valence-electron chi connectivity index (χ1n) is 15.7. The van der Waals surface area contributed by atoms with Crippen molar-refractivity contribution >= 4 is 28.2 Å². The van der Waals surface area contributed by atoms with Crippen molar-refractivity contribution in [3.63, 3.8) is 0 Å². The van der Waals surface area contributed by atoms with E-state index >= 15 is 0 Å². The van der Waals surface area contributed by atoms with Gasteiger partial charge in [0.15, 0.2) is 5.83 Å². The number of benzene rings is 2. The maximum atomic E-state index is 13.8. The maximum Gasteiger partial charge on any atom is 0.318 e. The smallest absolute Gasteiger partial charge is 0.318 e. The fraction of sp³-hybridized carbons (Fsp3) is 0.471. The van der Waals surface area contributed by atoms with Crippen molar-refractivity contribution in [2.24, 2.45) is 0 Å². The Kier molecular flexibility index (Phi) is 7.58. The van der Waals surface area contributed by atoms with Gasteiger partial charge in [-0.15, -0.1) is 0 Å². The molecule has 228 valence electrons. The molecule has 4 aliphatic heterocycles. The van der Waals surface area contributed by atoms with Crippen LogP contribution in [0.5, 0.6) is 6.01 Å². The number of ether oxygens (including phenoxy) is 1. The molecule has 1 amide bonds. The number of hydrogen-bond acceptors (Lipinski definition) is 7. The van der Waals surface area contributed by atoms with E-state index in [0.29, 0.717) is 32.3 Å². The second-order valence-corrected chi connectivity index (χ2v) is 12.5. The number of anilines is 2. The molecule has 0 saturated carbocycles. The lowest BCUT2D eigenvalue weighted by molar-refractivity contribution is -0.131. The summed E-state index contributed by atoms with van der Waals surface area (Å²) in [6.45, 7) is 16.2. The van der Waals surface area contributed by atoms with Gasteiger partial charge in [-0.1, -0.05) is 43.0 Å². The average Bonchev–Trinajstić information content (AvgIpc) is 3.63. The van der Waals surface area contributed by atoms with E-state index < -0.39 is 17.8 Å². The number of rotatable bonds is 7. The summed E-state index contributed by atoms with van der Waals surface area (Å²) in [6.07, 6.45) is 5.40. The topological polar surface area (TPSA) is 69.4 Å². The van der Waals surface area contributed by atoms with Gasteiger partial charge in [-0.2, -0.15) is 9.97 Å². The number of amides is 1. The van der Waals surface area contributed by atoms with Crippen molar-refractivity contribution in [2.45, 2.75) is 50.2 Å². The van der Waals surface area contributed by atoms with Gasteiger partial charge < -0.3 is 24.3 Å². The van der Waals surface area contributed by atoms with Crippen molar-refractivity contribution in [1.29, 1.82) is 0 Å². The minimum atomic E-state index is -0.996. The molecule has 4 aliphatic rings. The number of hydrogen-bond donors (Lipinski definition) is 0. The third kappa shape index (κ3) is 5.13. The molecule has 3 fully saturated rings. The van der Waals surface area contributed by atoms with Crippen LogP contribution in [0.25, 0.3) is 15.6 Å². The summed E-state index contributed by atoms with van der Waals surface area (Å²) in [6, 6.07) is 14.8. The standard InChI is InChI=1S/C34H38FN7O2/c1-24(35)32(43)42-19-18-40(21-26(42)20-36-2)31-28-12-17-39(30-11-5-9-25-8-3-4-10-27(25)30)22-29(28)37-33(38-31)44-23-34-13-6-15-41(34)16-7-14-34/h3-5,8-11,26H,1,6-7,12-23H2/t26-/m0/s1. The van der Waals surface area contributed by atoms with Crippen molar-refractivity contribution < 1.29 is 13.9 Å². The largest absolute Gasteiger partial charge is 0.461 e. The van der Waals surface area contributed by atoms with E-state index in [9.17, 15) is 9.18 Å². The molecule has 1 atom stereocenters. The van der Waals surface area contributed by atoms with Crippen LogP contribution < -0.4 is 14.5 Å². The number of nitrogens with zero attached hydrogens (tertiary/aromatic N) is 7. The first kappa shape index (κ1) is 28.5. The molecule has 2 aromatic carbocycles. The van der Waals surface area contributed by atoms with Gasteiger partial charge in [0, 0.05) is 42.8 Å². The molecule has 0 spiro atoms. The molecule has 44 heavy (non-hydrogen) atoms. The third-order valence-corrected chi connectivity index (χ3v) is 9.99. The number of carbonyl (C=O) groups is 1. The Balaban J connectivity index is 1.22. The van der Waals surface area contributed by atoms with Crippen LogP contribution in [0.2, 0.25) is 0 Å². The van der Waals surface area contributed by atoms with Crippen LogP contribution in [-0.4, -0.2) is 89.7 Å². The Morgan fingerprint density at radius 1 is 1.05 bits per heavy atom. The quantitative estimate of drug-likeness (QED) is 0.292. The maximum absolute atomic E-state index is 13.8. The lowest BCUT2D eigenvalue weighted by atomic mass is 9.95. The van der Waals surface area contributed by atoms with Crippen LogP contribution in [0.1, 0.15) is 36.9 Å².